The summed E-state index contributed by atoms with van der Waals surface area (Å²) in [6.45, 7) is 2.49. The first-order valence-electron chi connectivity index (χ1n) is 51.1. The summed E-state index contributed by atoms with van der Waals surface area (Å²) >= 11 is 0. The van der Waals surface area contributed by atoms with Crippen LogP contribution in [0.15, 0.2) is 182 Å². The summed E-state index contributed by atoms with van der Waals surface area (Å²) in [4.78, 5) is 59.2. The molecule has 5 unspecified atom stereocenters. The Hall–Kier alpha value is -5.35. The Labute approximate surface area is 776 Å². The third kappa shape index (κ3) is 101. The number of allylic oxidation sites excluding steroid dienone is 30. The van der Waals surface area contributed by atoms with Gasteiger partial charge in [-0.2, -0.15) is 0 Å². The van der Waals surface area contributed by atoms with Crippen LogP contribution in [0.1, 0.15) is 432 Å². The predicted molar refractivity (Wildman–Crippen MR) is 537 cm³/mol. The van der Waals surface area contributed by atoms with Crippen molar-refractivity contribution < 1.29 is 75.8 Å². The largest absolute Gasteiger partial charge is 0.472 e. The van der Waals surface area contributed by atoms with Crippen LogP contribution in [0.4, 0.5) is 0 Å². The normalized spacial score (nSPS) is 14.4. The van der Waals surface area contributed by atoms with Gasteiger partial charge in [0.25, 0.3) is 0 Å². The van der Waals surface area contributed by atoms with E-state index in [0.29, 0.717) is 19.3 Å². The van der Waals surface area contributed by atoms with Gasteiger partial charge in [0, 0.05) is 19.3 Å². The lowest BCUT2D eigenvalue weighted by Crippen LogP contribution is -2.30. The topological polar surface area (TPSA) is 231 Å². The third-order valence-corrected chi connectivity index (χ3v) is 23.5. The number of rotatable bonds is 96. The highest BCUT2D eigenvalue weighted by Gasteiger charge is 2.30. The lowest BCUT2D eigenvalue weighted by Gasteiger charge is -2.21. The molecular weight excluding hydrogens is 1630 g/mol. The van der Waals surface area contributed by atoms with Gasteiger partial charge in [0.2, 0.25) is 0 Å². The first kappa shape index (κ1) is 122. The molecule has 0 amide bonds. The number of phosphoric acid groups is 2. The van der Waals surface area contributed by atoms with E-state index in [0.717, 1.165) is 173 Å². The Bertz CT molecular complexity index is 3040. The van der Waals surface area contributed by atoms with Crippen LogP contribution in [-0.4, -0.2) is 95.9 Å². The molecule has 728 valence electrons. The number of hydrogen-bond donors (Lipinski definition) is 4. The van der Waals surface area contributed by atoms with E-state index in [-0.39, 0.29) is 19.3 Å². The molecule has 0 aromatic heterocycles. The van der Waals surface area contributed by atoms with Crippen LogP contribution in [0.25, 0.3) is 0 Å². The Morgan fingerprint density at radius 1 is 0.228 bits per heavy atom. The van der Waals surface area contributed by atoms with Gasteiger partial charge in [0.05, 0.1) is 26.4 Å². The standard InChI is InChI=1S/C109H186O16P2/c1-4-7-10-13-16-19-22-25-28-31-34-37-40-43-46-48-49-50-51-52-53-55-58-59-62-65-68-71-74-77-80-83-86-89-92-95-107(112)119-98-104(110)99-121-126(115,116)122-100-105(111)101-123-127(117,118)124-103-106(125-109(114)97-94-91-88-85-82-79-76-73-70-67-64-61-56-45-42-39-36-33-30-27-24-21-18-15-12-9-6-3)102-120-108(113)96-93-90-87-84-81-78-75-72-69-66-63-60-57-54-47-44-41-38-35-32-29-26-23-20-17-14-11-8-5-2/h7-8,10-11,16-21,25-30,34-39,43-47,56-57,60,104-106,110-111H,4-6,9,12-15,22-24,31-33,40-42,48-55,58-59,61-103H2,1-3H3,(H,115,116)(H,117,118)/b10-7-,11-8-,19-16-,20-17-,21-18-,28-25-,29-26-,30-27-,37-34-,38-35-,39-36-,46-43-,47-44-,56-45-,60-57-. The zero-order valence-electron chi connectivity index (χ0n) is 80.6. The smallest absolute Gasteiger partial charge is 0.463 e. The number of carbonyl (C=O) groups excluding carboxylic acids is 3. The summed E-state index contributed by atoms with van der Waals surface area (Å²) in [5, 5.41) is 20.8. The maximum absolute atomic E-state index is 13.1. The van der Waals surface area contributed by atoms with Crippen LogP contribution < -0.4 is 0 Å². The van der Waals surface area contributed by atoms with Gasteiger partial charge in [-0.15, -0.1) is 0 Å². The highest BCUT2D eigenvalue weighted by atomic mass is 31.2. The van der Waals surface area contributed by atoms with Crippen molar-refractivity contribution in [2.45, 2.75) is 450 Å². The number of hydrogen-bond acceptors (Lipinski definition) is 14. The SMILES string of the molecule is CC/C=C\C/C=C\C/C=C\C/C=C\C/C=C\C/C=C\CCCCCCCCCCCCC(=O)OCC(COP(=O)(O)OCC(O)COP(=O)(O)OCC(O)COC(=O)CCCCCCCCCCCCCCCCCCCCC/C=C\C/C=C\C/C=C\C/C=C\C/C=C\CC)OC(=O)CCCCCCCCCCCCC/C=C\C/C=C\C/C=C\C/C=C\CCCCC. The van der Waals surface area contributed by atoms with Crippen LogP contribution in [0.5, 0.6) is 0 Å². The summed E-state index contributed by atoms with van der Waals surface area (Å²) in [6.07, 6.45) is 132. The minimum absolute atomic E-state index is 0.0957. The minimum Gasteiger partial charge on any atom is -0.463 e. The number of unbranched alkanes of at least 4 members (excludes halogenated alkanes) is 43. The van der Waals surface area contributed by atoms with Crippen LogP contribution in [0.2, 0.25) is 0 Å². The third-order valence-electron chi connectivity index (χ3n) is 21.6. The molecule has 0 saturated carbocycles. The molecule has 0 bridgehead atoms. The van der Waals surface area contributed by atoms with Crippen molar-refractivity contribution in [2.24, 2.45) is 0 Å². The Morgan fingerprint density at radius 2 is 0.417 bits per heavy atom. The van der Waals surface area contributed by atoms with Gasteiger partial charge in [-0.05, 0) is 161 Å². The van der Waals surface area contributed by atoms with Crippen LogP contribution >= 0.6 is 15.6 Å². The maximum Gasteiger partial charge on any atom is 0.472 e. The van der Waals surface area contributed by atoms with Gasteiger partial charge >= 0.3 is 33.6 Å². The molecule has 0 rings (SSSR count). The van der Waals surface area contributed by atoms with Gasteiger partial charge in [0.1, 0.15) is 25.4 Å². The van der Waals surface area contributed by atoms with Crippen molar-refractivity contribution in [2.75, 3.05) is 39.6 Å². The Balaban J connectivity index is 4.59. The quantitative estimate of drug-likeness (QED) is 0.0146. The lowest BCUT2D eigenvalue weighted by atomic mass is 10.0. The van der Waals surface area contributed by atoms with E-state index in [4.69, 9.17) is 32.3 Å². The van der Waals surface area contributed by atoms with E-state index in [1.54, 1.807) is 0 Å². The summed E-state index contributed by atoms with van der Waals surface area (Å²) in [6, 6.07) is 0. The molecule has 0 fully saturated rings. The van der Waals surface area contributed by atoms with Crippen molar-refractivity contribution in [3.05, 3.63) is 182 Å². The molecule has 0 heterocycles. The van der Waals surface area contributed by atoms with Crippen molar-refractivity contribution in [3.8, 4) is 0 Å². The van der Waals surface area contributed by atoms with Crippen molar-refractivity contribution in [3.63, 3.8) is 0 Å². The van der Waals surface area contributed by atoms with Crippen molar-refractivity contribution in [1.29, 1.82) is 0 Å². The average molecular weight is 1810 g/mol. The van der Waals surface area contributed by atoms with Gasteiger partial charge in [-0.1, -0.05) is 434 Å². The molecule has 0 aliphatic rings. The second-order valence-corrected chi connectivity index (χ2v) is 36.8. The van der Waals surface area contributed by atoms with Crippen LogP contribution in [0, 0.1) is 0 Å². The van der Waals surface area contributed by atoms with Crippen molar-refractivity contribution >= 4 is 33.6 Å². The van der Waals surface area contributed by atoms with Gasteiger partial charge < -0.3 is 34.2 Å². The number of aliphatic hydroxyl groups excluding tert-OH is 2. The second-order valence-electron chi connectivity index (χ2n) is 33.9. The molecular formula is C109H186O16P2. The molecule has 5 atom stereocenters. The van der Waals surface area contributed by atoms with E-state index in [9.17, 15) is 43.5 Å². The highest BCUT2D eigenvalue weighted by Crippen LogP contribution is 2.45. The molecule has 127 heavy (non-hydrogen) atoms. The molecule has 16 nitrogen and oxygen atoms in total. The molecule has 0 radical (unpaired) electrons. The molecule has 0 aromatic rings. The number of carbonyl (C=O) groups is 3. The number of phosphoric ester groups is 2. The number of aliphatic hydroxyl groups is 2. The first-order valence-corrected chi connectivity index (χ1v) is 54.1. The lowest BCUT2D eigenvalue weighted by molar-refractivity contribution is -0.161. The fourth-order valence-electron chi connectivity index (χ4n) is 13.9. The van der Waals surface area contributed by atoms with Gasteiger partial charge in [-0.25, -0.2) is 9.13 Å². The molecule has 18 heteroatoms. The molecule has 0 aliphatic heterocycles. The predicted octanol–water partition coefficient (Wildman–Crippen LogP) is 32.3. The second kappa shape index (κ2) is 99.7. The van der Waals surface area contributed by atoms with Crippen LogP contribution in [-0.2, 0) is 55.8 Å². The molecule has 0 saturated heterocycles. The molecule has 0 aliphatic carbocycles. The fourth-order valence-corrected chi connectivity index (χ4v) is 15.5. The Kier molecular flexibility index (Phi) is 95.5. The monoisotopic (exact) mass is 1810 g/mol. The molecule has 4 N–H and O–H groups in total. The first-order chi connectivity index (χ1) is 62.2. The van der Waals surface area contributed by atoms with E-state index in [1.807, 2.05) is 0 Å². The van der Waals surface area contributed by atoms with Gasteiger partial charge in [0.15, 0.2) is 6.10 Å². The molecule has 0 aromatic carbocycles. The number of esters is 3. The summed E-state index contributed by atoms with van der Waals surface area (Å²) < 4.78 is 61.7. The highest BCUT2D eigenvalue weighted by molar-refractivity contribution is 7.47. The summed E-state index contributed by atoms with van der Waals surface area (Å²) in [5.74, 6) is -1.57. The van der Waals surface area contributed by atoms with Crippen molar-refractivity contribution in [1.82, 2.24) is 0 Å². The zero-order valence-corrected chi connectivity index (χ0v) is 82.4. The average Bonchev–Trinajstić information content (AvgIpc) is 0.901. The van der Waals surface area contributed by atoms with Crippen LogP contribution in [0.3, 0.4) is 0 Å². The van der Waals surface area contributed by atoms with Gasteiger partial charge in [-0.3, -0.25) is 32.5 Å². The maximum atomic E-state index is 13.1. The number of ether oxygens (including phenoxy) is 3. The minimum atomic E-state index is -4.95. The fraction of sp³-hybridized carbons (Fsp3) is 0.697. The summed E-state index contributed by atoms with van der Waals surface area (Å²) in [7, 11) is -9.82. The van der Waals surface area contributed by atoms with E-state index in [1.165, 1.54) is 199 Å². The Morgan fingerprint density at radius 3 is 0.661 bits per heavy atom. The van der Waals surface area contributed by atoms with E-state index in [2.05, 4.69) is 203 Å². The zero-order chi connectivity index (χ0) is 92.1. The molecule has 0 spiro atoms. The summed E-state index contributed by atoms with van der Waals surface area (Å²) in [5.41, 5.74) is 0. The van der Waals surface area contributed by atoms with E-state index < -0.39 is 91.5 Å². The van der Waals surface area contributed by atoms with E-state index >= 15 is 0 Å².